The lowest BCUT2D eigenvalue weighted by Crippen LogP contribution is -2.64. The van der Waals surface area contributed by atoms with Crippen LogP contribution < -0.4 is 10.2 Å². The van der Waals surface area contributed by atoms with Crippen LogP contribution in [0.4, 0.5) is 10.6 Å². The van der Waals surface area contributed by atoms with Crippen LogP contribution in [-0.4, -0.2) is 49.2 Å². The Morgan fingerprint density at radius 2 is 1.86 bits per heavy atom. The Hall–Kier alpha value is -2.60. The lowest BCUT2D eigenvalue weighted by Gasteiger charge is -2.49. The van der Waals surface area contributed by atoms with E-state index < -0.39 is 5.60 Å². The first-order chi connectivity index (χ1) is 13.6. The normalized spacial score (nSPS) is 18.1. The lowest BCUT2D eigenvalue weighted by molar-refractivity contribution is -0.111. The van der Waals surface area contributed by atoms with E-state index in [0.29, 0.717) is 19.6 Å². The monoisotopic (exact) mass is 380 g/mol. The second-order valence-electron chi connectivity index (χ2n) is 7.71. The summed E-state index contributed by atoms with van der Waals surface area (Å²) in [5.74, 6) is 1.01. The maximum absolute atomic E-state index is 12.7. The van der Waals surface area contributed by atoms with Crippen molar-refractivity contribution < 1.29 is 9.53 Å². The molecule has 0 atom stereocenters. The van der Waals surface area contributed by atoms with Crippen LogP contribution in [0, 0.1) is 6.92 Å². The summed E-state index contributed by atoms with van der Waals surface area (Å²) in [5.41, 5.74) is 2.79. The third-order valence-corrected chi connectivity index (χ3v) is 5.80. The summed E-state index contributed by atoms with van der Waals surface area (Å²) < 4.78 is 5.76. The second kappa shape index (κ2) is 7.80. The smallest absolute Gasteiger partial charge is 0.317 e. The second-order valence-corrected chi connectivity index (χ2v) is 7.71. The van der Waals surface area contributed by atoms with E-state index in [2.05, 4.69) is 28.4 Å². The predicted octanol–water partition coefficient (Wildman–Crippen LogP) is 3.06. The van der Waals surface area contributed by atoms with Gasteiger partial charge in [-0.25, -0.2) is 9.78 Å². The zero-order valence-electron chi connectivity index (χ0n) is 16.6. The molecule has 0 aliphatic carbocycles. The minimum absolute atomic E-state index is 0.0587. The molecule has 1 N–H and O–H groups in total. The third kappa shape index (κ3) is 3.56. The number of hydrogen-bond donors (Lipinski definition) is 1. The van der Waals surface area contributed by atoms with Gasteiger partial charge in [0.25, 0.3) is 0 Å². The zero-order chi connectivity index (χ0) is 19.6. The molecule has 2 aromatic rings. The molecular formula is C22H28N4O2. The number of carbonyl (C=O) groups is 1. The fourth-order valence-corrected chi connectivity index (χ4v) is 4.08. The van der Waals surface area contributed by atoms with Crippen LogP contribution in [0.1, 0.15) is 29.7 Å². The highest BCUT2D eigenvalue weighted by Crippen LogP contribution is 2.35. The van der Waals surface area contributed by atoms with Crippen LogP contribution in [0.3, 0.4) is 0 Å². The minimum Gasteiger partial charge on any atom is -0.370 e. The summed E-state index contributed by atoms with van der Waals surface area (Å²) in [4.78, 5) is 21.5. The van der Waals surface area contributed by atoms with Gasteiger partial charge in [0, 0.05) is 38.0 Å². The lowest BCUT2D eigenvalue weighted by atomic mass is 9.86. The van der Waals surface area contributed by atoms with Gasteiger partial charge >= 0.3 is 6.03 Å². The molecule has 2 aliphatic heterocycles. The number of ether oxygens (including phenoxy) is 1. The summed E-state index contributed by atoms with van der Waals surface area (Å²) in [6.07, 6.45) is 2.40. The molecule has 2 saturated heterocycles. The Kier molecular flexibility index (Phi) is 5.22. The van der Waals surface area contributed by atoms with Gasteiger partial charge in [-0.2, -0.15) is 0 Å². The Labute approximate surface area is 166 Å². The Morgan fingerprint density at radius 3 is 2.54 bits per heavy atom. The first kappa shape index (κ1) is 18.7. The van der Waals surface area contributed by atoms with Crippen molar-refractivity contribution in [2.24, 2.45) is 0 Å². The van der Waals surface area contributed by atoms with E-state index in [1.807, 2.05) is 31.2 Å². The van der Waals surface area contributed by atoms with Gasteiger partial charge in [-0.3, -0.25) is 0 Å². The number of amides is 2. The molecular weight excluding hydrogens is 352 g/mol. The maximum atomic E-state index is 12.7. The minimum atomic E-state index is -0.398. The van der Waals surface area contributed by atoms with Gasteiger partial charge in [-0.1, -0.05) is 36.4 Å². The van der Waals surface area contributed by atoms with Crippen LogP contribution in [0.5, 0.6) is 0 Å². The first-order valence-corrected chi connectivity index (χ1v) is 9.96. The van der Waals surface area contributed by atoms with Gasteiger partial charge in [0.15, 0.2) is 0 Å². The fourth-order valence-electron chi connectivity index (χ4n) is 4.08. The number of pyridine rings is 1. The number of aryl methyl sites for hydroxylation is 1. The average molecular weight is 380 g/mol. The summed E-state index contributed by atoms with van der Waals surface area (Å²) in [6, 6.07) is 14.1. The summed E-state index contributed by atoms with van der Waals surface area (Å²) in [5, 5.41) is 3.06. The fraction of sp³-hybridized carbons (Fsp3) is 0.455. The molecule has 0 radical (unpaired) electrons. The number of benzene rings is 1. The predicted molar refractivity (Wildman–Crippen MR) is 109 cm³/mol. The molecule has 0 saturated carbocycles. The highest BCUT2D eigenvalue weighted by atomic mass is 16.5. The number of anilines is 1. The highest BCUT2D eigenvalue weighted by Gasteiger charge is 2.46. The van der Waals surface area contributed by atoms with Gasteiger partial charge in [0.05, 0.1) is 13.1 Å². The van der Waals surface area contributed by atoms with E-state index in [1.165, 1.54) is 12.8 Å². The van der Waals surface area contributed by atoms with E-state index in [9.17, 15) is 4.79 Å². The van der Waals surface area contributed by atoms with Gasteiger partial charge in [0.2, 0.25) is 0 Å². The highest BCUT2D eigenvalue weighted by molar-refractivity contribution is 5.76. The summed E-state index contributed by atoms with van der Waals surface area (Å²) in [7, 11) is 1.71. The van der Waals surface area contributed by atoms with Gasteiger partial charge < -0.3 is 19.9 Å². The van der Waals surface area contributed by atoms with Crippen molar-refractivity contribution in [3.63, 3.8) is 0 Å². The molecule has 0 spiro atoms. The van der Waals surface area contributed by atoms with Crippen molar-refractivity contribution in [1.82, 2.24) is 15.2 Å². The molecule has 6 nitrogen and oxygen atoms in total. The standard InChI is InChI=1S/C22H28N4O2/c1-17-10-11-18(20(24-17)25-12-6-7-13-25)14-23-21(27)26-15-22(16-26,28-2)19-8-4-3-5-9-19/h3-5,8-11H,6-7,12-16H2,1-2H3,(H,23,27). The van der Waals surface area contributed by atoms with Crippen LogP contribution in [0.2, 0.25) is 0 Å². The molecule has 2 aliphatic rings. The molecule has 3 heterocycles. The number of aromatic nitrogens is 1. The van der Waals surface area contributed by atoms with Crippen molar-refractivity contribution in [3.8, 4) is 0 Å². The number of hydrogen-bond acceptors (Lipinski definition) is 4. The molecule has 148 valence electrons. The van der Waals surface area contributed by atoms with Crippen LogP contribution in [0.15, 0.2) is 42.5 Å². The number of rotatable bonds is 5. The number of likely N-dealkylation sites (tertiary alicyclic amines) is 1. The summed E-state index contributed by atoms with van der Waals surface area (Å²) in [6.45, 7) is 5.69. The largest absolute Gasteiger partial charge is 0.370 e. The number of carbonyl (C=O) groups excluding carboxylic acids is 1. The van der Waals surface area contributed by atoms with Crippen LogP contribution >= 0.6 is 0 Å². The van der Waals surface area contributed by atoms with Crippen LogP contribution in [0.25, 0.3) is 0 Å². The molecule has 2 amide bonds. The van der Waals surface area contributed by atoms with E-state index >= 15 is 0 Å². The molecule has 1 aromatic carbocycles. The van der Waals surface area contributed by atoms with Crippen molar-refractivity contribution >= 4 is 11.8 Å². The van der Waals surface area contributed by atoms with Crippen molar-refractivity contribution in [3.05, 3.63) is 59.3 Å². The van der Waals surface area contributed by atoms with E-state index in [0.717, 1.165) is 35.7 Å². The topological polar surface area (TPSA) is 57.7 Å². The number of urea groups is 1. The van der Waals surface area contributed by atoms with E-state index in [-0.39, 0.29) is 6.03 Å². The Morgan fingerprint density at radius 1 is 1.14 bits per heavy atom. The Bertz CT molecular complexity index is 828. The first-order valence-electron chi connectivity index (χ1n) is 9.96. The van der Waals surface area contributed by atoms with Gasteiger partial charge in [-0.05, 0) is 31.4 Å². The number of nitrogens with zero attached hydrogens (tertiary/aromatic N) is 3. The molecule has 0 bridgehead atoms. The average Bonchev–Trinajstić information content (AvgIpc) is 3.22. The molecule has 4 rings (SSSR count). The molecule has 2 fully saturated rings. The molecule has 28 heavy (non-hydrogen) atoms. The van der Waals surface area contributed by atoms with Crippen LogP contribution in [-0.2, 0) is 16.9 Å². The number of nitrogens with one attached hydrogen (secondary N) is 1. The van der Waals surface area contributed by atoms with Gasteiger partial charge in [0.1, 0.15) is 11.4 Å². The SMILES string of the molecule is COC1(c2ccccc2)CN(C(=O)NCc2ccc(C)nc2N2CCCC2)C1. The van der Waals surface area contributed by atoms with Crippen molar-refractivity contribution in [1.29, 1.82) is 0 Å². The maximum Gasteiger partial charge on any atom is 0.317 e. The van der Waals surface area contributed by atoms with Gasteiger partial charge in [-0.15, -0.1) is 0 Å². The summed E-state index contributed by atoms with van der Waals surface area (Å²) >= 11 is 0. The quantitative estimate of drug-likeness (QED) is 0.866. The Balaban J connectivity index is 1.38. The van der Waals surface area contributed by atoms with E-state index in [4.69, 9.17) is 9.72 Å². The third-order valence-electron chi connectivity index (χ3n) is 5.80. The number of methoxy groups -OCH3 is 1. The zero-order valence-corrected chi connectivity index (χ0v) is 16.6. The molecule has 0 unspecified atom stereocenters. The molecule has 1 aromatic heterocycles. The molecule has 6 heteroatoms. The van der Waals surface area contributed by atoms with E-state index in [1.54, 1.807) is 12.0 Å². The van der Waals surface area contributed by atoms with Crippen molar-refractivity contribution in [2.45, 2.75) is 31.9 Å². The van der Waals surface area contributed by atoms with Crippen molar-refractivity contribution in [2.75, 3.05) is 38.2 Å².